The van der Waals surface area contributed by atoms with E-state index in [1.807, 2.05) is 0 Å². The molecular formula is C20H30N2O3. The van der Waals surface area contributed by atoms with E-state index in [2.05, 4.69) is 17.4 Å². The summed E-state index contributed by atoms with van der Waals surface area (Å²) in [5.41, 5.74) is 0.427. The van der Waals surface area contributed by atoms with Gasteiger partial charge in [0.15, 0.2) is 0 Å². The zero-order valence-electron chi connectivity index (χ0n) is 15.2. The predicted octanol–water partition coefficient (Wildman–Crippen LogP) is 4.77. The number of hydrogen-bond donors (Lipinski definition) is 2. The van der Waals surface area contributed by atoms with Gasteiger partial charge in [0.2, 0.25) is 0 Å². The molecular weight excluding hydrogens is 316 g/mol. The fourth-order valence-corrected chi connectivity index (χ4v) is 3.11. The molecule has 0 aliphatic carbocycles. The van der Waals surface area contributed by atoms with E-state index in [0.29, 0.717) is 23.0 Å². The van der Waals surface area contributed by atoms with Crippen molar-refractivity contribution in [2.45, 2.75) is 71.1 Å². The maximum Gasteiger partial charge on any atom is 0.365 e. The minimum absolute atomic E-state index is 0.214. The summed E-state index contributed by atoms with van der Waals surface area (Å²) >= 11 is 0. The van der Waals surface area contributed by atoms with Crippen LogP contribution in [0.4, 0.5) is 0 Å². The molecule has 1 heterocycles. The van der Waals surface area contributed by atoms with Gasteiger partial charge in [-0.05, 0) is 18.6 Å². The molecule has 0 aliphatic heterocycles. The Morgan fingerprint density at radius 3 is 2.32 bits per heavy atom. The van der Waals surface area contributed by atoms with Gasteiger partial charge in [-0.15, -0.1) is 0 Å². The Kier molecular flexibility index (Phi) is 8.29. The van der Waals surface area contributed by atoms with Crippen LogP contribution in [0.3, 0.4) is 0 Å². The number of aromatic nitrogens is 1. The van der Waals surface area contributed by atoms with Gasteiger partial charge in [-0.3, -0.25) is 4.79 Å². The third-order valence-electron chi connectivity index (χ3n) is 4.58. The van der Waals surface area contributed by atoms with E-state index in [4.69, 9.17) is 4.52 Å². The van der Waals surface area contributed by atoms with Crippen molar-refractivity contribution in [2.24, 2.45) is 0 Å². The molecule has 25 heavy (non-hydrogen) atoms. The first-order chi connectivity index (χ1) is 12.2. The number of benzene rings is 1. The van der Waals surface area contributed by atoms with E-state index in [1.54, 1.807) is 18.2 Å². The number of fused-ring (bicyclic) bond motifs is 1. The lowest BCUT2D eigenvalue weighted by Crippen LogP contribution is -2.25. The summed E-state index contributed by atoms with van der Waals surface area (Å²) < 4.78 is 4.76. The lowest BCUT2D eigenvalue weighted by molar-refractivity contribution is 0.0954. The standard InChI is InChI=1S/C20H30N2O3/c1-2-3-4-5-6-7-8-9-10-11-15-21-19(23)16-13-12-14-17-18(16)20(24)25-22-17/h12-14,22H,2-11,15H2,1H3,(H,21,23). The Morgan fingerprint density at radius 1 is 1.00 bits per heavy atom. The van der Waals surface area contributed by atoms with Crippen LogP contribution in [0.1, 0.15) is 81.5 Å². The maximum absolute atomic E-state index is 12.3. The molecule has 0 bridgehead atoms. The van der Waals surface area contributed by atoms with Gasteiger partial charge in [-0.1, -0.05) is 70.8 Å². The van der Waals surface area contributed by atoms with Gasteiger partial charge in [-0.2, -0.15) is 0 Å². The lowest BCUT2D eigenvalue weighted by atomic mass is 10.1. The SMILES string of the molecule is CCCCCCCCCCCCNC(=O)c1cccc2[nH]oc(=O)c12. The highest BCUT2D eigenvalue weighted by Crippen LogP contribution is 2.13. The molecule has 2 N–H and O–H groups in total. The van der Waals surface area contributed by atoms with Gasteiger partial charge in [0.25, 0.3) is 5.91 Å². The molecule has 0 spiro atoms. The van der Waals surface area contributed by atoms with E-state index in [9.17, 15) is 9.59 Å². The summed E-state index contributed by atoms with van der Waals surface area (Å²) in [6, 6.07) is 5.11. The van der Waals surface area contributed by atoms with Gasteiger partial charge in [0.1, 0.15) is 5.39 Å². The number of carbonyl (C=O) groups is 1. The average molecular weight is 346 g/mol. The highest BCUT2D eigenvalue weighted by molar-refractivity contribution is 6.05. The van der Waals surface area contributed by atoms with Crippen molar-refractivity contribution >= 4 is 16.8 Å². The molecule has 0 unspecified atom stereocenters. The van der Waals surface area contributed by atoms with E-state index >= 15 is 0 Å². The summed E-state index contributed by atoms with van der Waals surface area (Å²) in [6.07, 6.45) is 12.7. The molecule has 0 saturated heterocycles. The van der Waals surface area contributed by atoms with Crippen LogP contribution in [-0.4, -0.2) is 17.6 Å². The molecule has 0 saturated carbocycles. The first-order valence-corrected chi connectivity index (χ1v) is 9.62. The quantitative estimate of drug-likeness (QED) is 0.543. The molecule has 2 aromatic rings. The van der Waals surface area contributed by atoms with Crippen LogP contribution >= 0.6 is 0 Å². The van der Waals surface area contributed by atoms with Crippen LogP contribution in [-0.2, 0) is 0 Å². The third-order valence-corrected chi connectivity index (χ3v) is 4.58. The van der Waals surface area contributed by atoms with Gasteiger partial charge < -0.3 is 9.84 Å². The Hall–Kier alpha value is -2.04. The number of hydrogen-bond acceptors (Lipinski definition) is 3. The summed E-state index contributed by atoms with van der Waals surface area (Å²) in [6.45, 7) is 2.88. The van der Waals surface area contributed by atoms with Crippen LogP contribution < -0.4 is 10.9 Å². The summed E-state index contributed by atoms with van der Waals surface area (Å²) in [4.78, 5) is 23.9. The van der Waals surface area contributed by atoms with Gasteiger partial charge >= 0.3 is 5.63 Å². The molecule has 0 radical (unpaired) electrons. The molecule has 5 nitrogen and oxygen atoms in total. The second-order valence-corrected chi connectivity index (χ2v) is 6.66. The van der Waals surface area contributed by atoms with E-state index in [1.165, 1.54) is 51.4 Å². The summed E-state index contributed by atoms with van der Waals surface area (Å²) in [5.74, 6) is -0.214. The van der Waals surface area contributed by atoms with E-state index < -0.39 is 5.63 Å². The number of aromatic amines is 1. The summed E-state index contributed by atoms with van der Waals surface area (Å²) in [5, 5.41) is 5.75. The minimum Gasteiger partial charge on any atom is -0.352 e. The highest BCUT2D eigenvalue weighted by Gasteiger charge is 2.14. The van der Waals surface area contributed by atoms with Gasteiger partial charge in [0.05, 0.1) is 11.1 Å². The largest absolute Gasteiger partial charge is 0.365 e. The third kappa shape index (κ3) is 6.07. The molecule has 0 atom stereocenters. The van der Waals surface area contributed by atoms with Crippen molar-refractivity contribution in [3.8, 4) is 0 Å². The number of rotatable bonds is 12. The lowest BCUT2D eigenvalue weighted by Gasteiger charge is -2.06. The molecule has 1 aromatic heterocycles. The van der Waals surface area contributed by atoms with Crippen molar-refractivity contribution in [1.29, 1.82) is 0 Å². The zero-order valence-corrected chi connectivity index (χ0v) is 15.2. The fraction of sp³-hybridized carbons (Fsp3) is 0.600. The van der Waals surface area contributed by atoms with Crippen LogP contribution in [0.15, 0.2) is 27.5 Å². The van der Waals surface area contributed by atoms with Crippen LogP contribution in [0, 0.1) is 0 Å². The van der Waals surface area contributed by atoms with Crippen LogP contribution in [0.2, 0.25) is 0 Å². The number of nitrogens with one attached hydrogen (secondary N) is 2. The molecule has 0 fully saturated rings. The Balaban J connectivity index is 1.60. The Morgan fingerprint density at radius 2 is 1.64 bits per heavy atom. The predicted molar refractivity (Wildman–Crippen MR) is 101 cm³/mol. The van der Waals surface area contributed by atoms with E-state index in [0.717, 1.165) is 12.8 Å². The molecule has 5 heteroatoms. The second-order valence-electron chi connectivity index (χ2n) is 6.66. The molecule has 2 rings (SSSR count). The molecule has 1 amide bonds. The number of carbonyl (C=O) groups excluding carboxylic acids is 1. The van der Waals surface area contributed by atoms with Crippen molar-refractivity contribution in [3.05, 3.63) is 34.2 Å². The zero-order chi connectivity index (χ0) is 17.9. The first-order valence-electron chi connectivity index (χ1n) is 9.62. The molecule has 138 valence electrons. The second kappa shape index (κ2) is 10.7. The van der Waals surface area contributed by atoms with Crippen molar-refractivity contribution in [2.75, 3.05) is 6.54 Å². The summed E-state index contributed by atoms with van der Waals surface area (Å²) in [7, 11) is 0. The topological polar surface area (TPSA) is 75.1 Å². The normalized spacial score (nSPS) is 11.1. The van der Waals surface area contributed by atoms with E-state index in [-0.39, 0.29) is 5.91 Å². The first kappa shape index (κ1) is 19.3. The Labute approximate surface area is 149 Å². The smallest absolute Gasteiger partial charge is 0.352 e. The van der Waals surface area contributed by atoms with Gasteiger partial charge in [0, 0.05) is 6.54 Å². The van der Waals surface area contributed by atoms with Crippen LogP contribution in [0.25, 0.3) is 10.9 Å². The van der Waals surface area contributed by atoms with Crippen LogP contribution in [0.5, 0.6) is 0 Å². The maximum atomic E-state index is 12.3. The monoisotopic (exact) mass is 346 g/mol. The minimum atomic E-state index is -0.500. The molecule has 0 aliphatic rings. The Bertz CT molecular complexity index is 702. The van der Waals surface area contributed by atoms with Crippen molar-refractivity contribution < 1.29 is 9.32 Å². The highest BCUT2D eigenvalue weighted by atomic mass is 16.5. The fourth-order valence-electron chi connectivity index (χ4n) is 3.11. The van der Waals surface area contributed by atoms with Gasteiger partial charge in [-0.25, -0.2) is 9.95 Å². The number of amides is 1. The number of unbranched alkanes of at least 4 members (excludes halogenated alkanes) is 9. The van der Waals surface area contributed by atoms with Crippen molar-refractivity contribution in [3.63, 3.8) is 0 Å². The average Bonchev–Trinajstić information content (AvgIpc) is 3.01. The molecule has 1 aromatic carbocycles. The van der Waals surface area contributed by atoms with Crippen molar-refractivity contribution in [1.82, 2.24) is 10.5 Å². The number of H-pyrrole nitrogens is 1.